The lowest BCUT2D eigenvalue weighted by molar-refractivity contribution is 0.128. The fraction of sp³-hybridized carbons (Fsp3) is 0.714. The highest BCUT2D eigenvalue weighted by atomic mass is 16.5. The van der Waals surface area contributed by atoms with E-state index in [1.807, 2.05) is 13.0 Å². The predicted molar refractivity (Wildman–Crippen MR) is 77.5 cm³/mol. The minimum Gasteiger partial charge on any atom is -0.374 e. The maximum absolute atomic E-state index is 5.41. The minimum absolute atomic E-state index is 0.472. The van der Waals surface area contributed by atoms with Crippen molar-refractivity contribution in [2.75, 3.05) is 37.0 Å². The number of nitrogens with zero attached hydrogens (tertiary/aromatic N) is 3. The second kappa shape index (κ2) is 6.70. The van der Waals surface area contributed by atoms with Crippen LogP contribution in [0.3, 0.4) is 0 Å². The van der Waals surface area contributed by atoms with Crippen molar-refractivity contribution in [1.29, 1.82) is 0 Å². The van der Waals surface area contributed by atoms with Gasteiger partial charge in [-0.15, -0.1) is 0 Å². The van der Waals surface area contributed by atoms with Crippen molar-refractivity contribution in [2.24, 2.45) is 5.92 Å². The van der Waals surface area contributed by atoms with Gasteiger partial charge in [-0.1, -0.05) is 0 Å². The molecule has 0 amide bonds. The second-order valence-corrected chi connectivity index (χ2v) is 5.02. The average Bonchev–Trinajstić information content (AvgIpc) is 3.20. The van der Waals surface area contributed by atoms with Crippen molar-refractivity contribution in [3.8, 4) is 0 Å². The molecule has 1 saturated carbocycles. The number of aromatic nitrogens is 2. The molecule has 0 aromatic carbocycles. The van der Waals surface area contributed by atoms with E-state index in [0.29, 0.717) is 13.2 Å². The van der Waals surface area contributed by atoms with Gasteiger partial charge in [0.1, 0.15) is 18.2 Å². The zero-order valence-corrected chi connectivity index (χ0v) is 12.1. The lowest BCUT2D eigenvalue weighted by Crippen LogP contribution is -2.22. The minimum atomic E-state index is 0.472. The molecular formula is C14H24N4O. The van der Waals surface area contributed by atoms with E-state index in [1.165, 1.54) is 12.8 Å². The van der Waals surface area contributed by atoms with Crippen LogP contribution in [-0.4, -0.2) is 36.7 Å². The SMILES string of the molecule is CCNc1cc(N(C)CC2CC2)nc(COCC)n1. The molecule has 1 heterocycles. The normalized spacial score (nSPS) is 14.5. The Morgan fingerprint density at radius 3 is 2.79 bits per heavy atom. The first-order valence-corrected chi connectivity index (χ1v) is 7.13. The van der Waals surface area contributed by atoms with Gasteiger partial charge in [0, 0.05) is 32.8 Å². The summed E-state index contributed by atoms with van der Waals surface area (Å²) in [4.78, 5) is 11.3. The van der Waals surface area contributed by atoms with Gasteiger partial charge in [-0.05, 0) is 32.6 Å². The average molecular weight is 264 g/mol. The lowest BCUT2D eigenvalue weighted by Gasteiger charge is -2.19. The van der Waals surface area contributed by atoms with E-state index < -0.39 is 0 Å². The summed E-state index contributed by atoms with van der Waals surface area (Å²) in [5.74, 6) is 3.45. The van der Waals surface area contributed by atoms with Gasteiger partial charge < -0.3 is 15.0 Å². The van der Waals surface area contributed by atoms with E-state index in [9.17, 15) is 0 Å². The molecular weight excluding hydrogens is 240 g/mol. The summed E-state index contributed by atoms with van der Waals surface area (Å²) >= 11 is 0. The van der Waals surface area contributed by atoms with Gasteiger partial charge in [0.25, 0.3) is 0 Å². The van der Waals surface area contributed by atoms with Crippen LogP contribution in [0.15, 0.2) is 6.07 Å². The van der Waals surface area contributed by atoms with Crippen molar-refractivity contribution >= 4 is 11.6 Å². The maximum atomic E-state index is 5.41. The molecule has 1 aromatic rings. The number of anilines is 2. The largest absolute Gasteiger partial charge is 0.374 e. The Kier molecular flexibility index (Phi) is 4.96. The van der Waals surface area contributed by atoms with Crippen molar-refractivity contribution in [3.05, 3.63) is 11.9 Å². The first kappa shape index (κ1) is 14.1. The molecule has 0 unspecified atom stereocenters. The van der Waals surface area contributed by atoms with Crippen LogP contribution in [0, 0.1) is 5.92 Å². The Bertz CT molecular complexity index is 406. The summed E-state index contributed by atoms with van der Waals surface area (Å²) in [5.41, 5.74) is 0. The summed E-state index contributed by atoms with van der Waals surface area (Å²) in [6, 6.07) is 2.02. The highest BCUT2D eigenvalue weighted by molar-refractivity contribution is 5.49. The first-order chi connectivity index (χ1) is 9.22. The molecule has 1 fully saturated rings. The van der Waals surface area contributed by atoms with Crippen molar-refractivity contribution < 1.29 is 4.74 Å². The van der Waals surface area contributed by atoms with Gasteiger partial charge in [0.05, 0.1) is 0 Å². The molecule has 0 radical (unpaired) electrons. The topological polar surface area (TPSA) is 50.3 Å². The number of hydrogen-bond acceptors (Lipinski definition) is 5. The van der Waals surface area contributed by atoms with E-state index >= 15 is 0 Å². The third-order valence-corrected chi connectivity index (χ3v) is 3.17. The van der Waals surface area contributed by atoms with Gasteiger partial charge in [-0.3, -0.25) is 0 Å². The molecule has 0 saturated heterocycles. The predicted octanol–water partition coefficient (Wildman–Crippen LogP) is 2.29. The van der Waals surface area contributed by atoms with Crippen LogP contribution >= 0.6 is 0 Å². The Morgan fingerprint density at radius 2 is 2.16 bits per heavy atom. The van der Waals surface area contributed by atoms with Crippen LogP contribution in [0.2, 0.25) is 0 Å². The molecule has 0 aliphatic heterocycles. The Balaban J connectivity index is 2.11. The van der Waals surface area contributed by atoms with Gasteiger partial charge >= 0.3 is 0 Å². The van der Waals surface area contributed by atoms with Crippen LogP contribution in [-0.2, 0) is 11.3 Å². The summed E-state index contributed by atoms with van der Waals surface area (Å²) < 4.78 is 5.41. The standard InChI is InChI=1S/C14H24N4O/c1-4-15-12-8-14(18(3)9-11-6-7-11)17-13(16-12)10-19-5-2/h8,11H,4-7,9-10H2,1-3H3,(H,15,16,17). The number of hydrogen-bond donors (Lipinski definition) is 1. The van der Waals surface area contributed by atoms with Crippen molar-refractivity contribution in [2.45, 2.75) is 33.3 Å². The van der Waals surface area contributed by atoms with Crippen LogP contribution in [0.1, 0.15) is 32.5 Å². The molecule has 1 aromatic heterocycles. The molecule has 1 aliphatic carbocycles. The van der Waals surface area contributed by atoms with Crippen molar-refractivity contribution in [3.63, 3.8) is 0 Å². The van der Waals surface area contributed by atoms with Crippen LogP contribution in [0.5, 0.6) is 0 Å². The third-order valence-electron chi connectivity index (χ3n) is 3.17. The molecule has 106 valence electrons. The summed E-state index contributed by atoms with van der Waals surface area (Å²) in [6.07, 6.45) is 2.70. The second-order valence-electron chi connectivity index (χ2n) is 5.02. The lowest BCUT2D eigenvalue weighted by atomic mass is 10.3. The third kappa shape index (κ3) is 4.35. The zero-order chi connectivity index (χ0) is 13.7. The van der Waals surface area contributed by atoms with Crippen LogP contribution < -0.4 is 10.2 Å². The van der Waals surface area contributed by atoms with Gasteiger partial charge in [0.15, 0.2) is 5.82 Å². The number of nitrogens with one attached hydrogen (secondary N) is 1. The molecule has 0 atom stereocenters. The highest BCUT2D eigenvalue weighted by Crippen LogP contribution is 2.30. The highest BCUT2D eigenvalue weighted by Gasteiger charge is 2.23. The van der Waals surface area contributed by atoms with E-state index in [1.54, 1.807) is 0 Å². The number of rotatable bonds is 8. The molecule has 2 rings (SSSR count). The first-order valence-electron chi connectivity index (χ1n) is 7.13. The molecule has 5 nitrogen and oxygen atoms in total. The molecule has 1 aliphatic rings. The van der Waals surface area contributed by atoms with Crippen LogP contribution in [0.25, 0.3) is 0 Å². The monoisotopic (exact) mass is 264 g/mol. The van der Waals surface area contributed by atoms with E-state index in [0.717, 1.165) is 36.5 Å². The number of ether oxygens (including phenoxy) is 1. The quantitative estimate of drug-likeness (QED) is 0.780. The Labute approximate surface area is 115 Å². The Hall–Kier alpha value is -1.36. The van der Waals surface area contributed by atoms with Crippen LogP contribution in [0.4, 0.5) is 11.6 Å². The zero-order valence-electron chi connectivity index (χ0n) is 12.1. The molecule has 0 bridgehead atoms. The molecule has 5 heteroatoms. The van der Waals surface area contributed by atoms with Gasteiger partial charge in [0.2, 0.25) is 0 Å². The summed E-state index contributed by atoms with van der Waals surface area (Å²) in [7, 11) is 2.10. The Morgan fingerprint density at radius 1 is 1.37 bits per heavy atom. The van der Waals surface area contributed by atoms with Gasteiger partial charge in [-0.2, -0.15) is 0 Å². The summed E-state index contributed by atoms with van der Waals surface area (Å²) in [6.45, 7) is 7.14. The molecule has 19 heavy (non-hydrogen) atoms. The van der Waals surface area contributed by atoms with Crippen molar-refractivity contribution in [1.82, 2.24) is 9.97 Å². The molecule has 1 N–H and O–H groups in total. The van der Waals surface area contributed by atoms with E-state index in [-0.39, 0.29) is 0 Å². The molecule has 0 spiro atoms. The maximum Gasteiger partial charge on any atom is 0.158 e. The van der Waals surface area contributed by atoms with Gasteiger partial charge in [-0.25, -0.2) is 9.97 Å². The summed E-state index contributed by atoms with van der Waals surface area (Å²) in [5, 5.41) is 3.26. The fourth-order valence-corrected chi connectivity index (χ4v) is 1.99. The van der Waals surface area contributed by atoms with E-state index in [2.05, 4.69) is 34.2 Å². The fourth-order valence-electron chi connectivity index (χ4n) is 1.99. The smallest absolute Gasteiger partial charge is 0.158 e. The van der Waals surface area contributed by atoms with E-state index in [4.69, 9.17) is 4.74 Å².